The third-order valence-electron chi connectivity index (χ3n) is 2.40. The van der Waals surface area contributed by atoms with Gasteiger partial charge in [-0.2, -0.15) is 8.42 Å². The van der Waals surface area contributed by atoms with Crippen molar-refractivity contribution >= 4 is 17.9 Å². The van der Waals surface area contributed by atoms with Gasteiger partial charge < -0.3 is 0 Å². The van der Waals surface area contributed by atoms with Crippen LogP contribution >= 0.6 is 7.82 Å². The summed E-state index contributed by atoms with van der Waals surface area (Å²) in [6.45, 7) is 1.77. The minimum Gasteiger partial charge on any atom is -0.290 e. The highest BCUT2D eigenvalue weighted by Crippen LogP contribution is 2.47. The zero-order chi connectivity index (χ0) is 15.6. The molecule has 0 aliphatic rings. The third-order valence-corrected chi connectivity index (χ3v) is 4.62. The van der Waals surface area contributed by atoms with Crippen LogP contribution in [0.2, 0.25) is 0 Å². The van der Waals surface area contributed by atoms with Crippen LogP contribution < -0.4 is 0 Å². The lowest BCUT2D eigenvalue weighted by molar-refractivity contribution is 0.149. The van der Waals surface area contributed by atoms with E-state index in [1.54, 1.807) is 6.92 Å². The Bertz CT molecular complexity index is 469. The van der Waals surface area contributed by atoms with E-state index in [1.165, 1.54) is 14.2 Å². The Morgan fingerprint density at radius 3 is 2.30 bits per heavy atom. The summed E-state index contributed by atoms with van der Waals surface area (Å²) in [5.74, 6) is 4.56. The fourth-order valence-electron chi connectivity index (χ4n) is 1.50. The fourth-order valence-corrected chi connectivity index (χ4v) is 2.98. The summed E-state index contributed by atoms with van der Waals surface area (Å²) < 4.78 is 56.1. The predicted molar refractivity (Wildman–Crippen MR) is 74.8 cm³/mol. The molecule has 0 aromatic carbocycles. The van der Waals surface area contributed by atoms with Crippen LogP contribution in [0, 0.1) is 17.8 Å². The van der Waals surface area contributed by atoms with E-state index < -0.39 is 23.9 Å². The molecule has 1 unspecified atom stereocenters. The molecule has 0 radical (unpaired) electrons. The van der Waals surface area contributed by atoms with Crippen molar-refractivity contribution in [3.05, 3.63) is 0 Å². The van der Waals surface area contributed by atoms with E-state index in [9.17, 15) is 13.0 Å². The average molecular weight is 328 g/mol. The summed E-state index contributed by atoms with van der Waals surface area (Å²) in [7, 11) is -5.04. The summed E-state index contributed by atoms with van der Waals surface area (Å²) in [6, 6.07) is 0. The van der Waals surface area contributed by atoms with Crippen molar-refractivity contribution < 1.29 is 31.1 Å². The van der Waals surface area contributed by atoms with Crippen molar-refractivity contribution in [2.45, 2.75) is 26.2 Å². The first kappa shape index (κ1) is 19.6. The molecular weight excluding hydrogens is 307 g/mol. The number of phosphoric acid groups is 1. The highest BCUT2D eigenvalue weighted by Gasteiger charge is 2.22. The second kappa shape index (κ2) is 9.50. The van der Waals surface area contributed by atoms with Gasteiger partial charge in [0.25, 0.3) is 10.1 Å². The fraction of sp³-hybridized carbons (Fsp3) is 0.818. The van der Waals surface area contributed by atoms with Crippen LogP contribution in [0.4, 0.5) is 0 Å². The van der Waals surface area contributed by atoms with Crippen molar-refractivity contribution in [3.8, 4) is 11.8 Å². The van der Waals surface area contributed by atoms with E-state index in [-0.39, 0.29) is 12.4 Å². The van der Waals surface area contributed by atoms with Crippen LogP contribution in [0.15, 0.2) is 0 Å². The number of rotatable bonds is 10. The lowest BCUT2D eigenvalue weighted by Crippen LogP contribution is -2.14. The summed E-state index contributed by atoms with van der Waals surface area (Å²) in [6.07, 6.45) is 1.65. The molecule has 20 heavy (non-hydrogen) atoms. The second-order valence-corrected chi connectivity index (χ2v) is 7.36. The van der Waals surface area contributed by atoms with Crippen LogP contribution in [0.3, 0.4) is 0 Å². The van der Waals surface area contributed by atoms with Gasteiger partial charge in [0.2, 0.25) is 0 Å². The molecule has 0 rings (SSSR count). The zero-order valence-electron chi connectivity index (χ0n) is 11.9. The lowest BCUT2D eigenvalue weighted by atomic mass is 10.1. The van der Waals surface area contributed by atoms with Gasteiger partial charge in [-0.15, -0.1) is 5.92 Å². The van der Waals surface area contributed by atoms with Gasteiger partial charge in [0, 0.05) is 20.1 Å². The molecule has 7 nitrogen and oxygen atoms in total. The van der Waals surface area contributed by atoms with Gasteiger partial charge in [0.15, 0.2) is 0 Å². The SMILES string of the molecule is CC#CC(CCCCOP(=O)(OC)OC)CS(=O)(=O)O. The monoisotopic (exact) mass is 328 g/mol. The maximum Gasteiger partial charge on any atom is 0.474 e. The summed E-state index contributed by atoms with van der Waals surface area (Å²) in [5.41, 5.74) is 0. The third kappa shape index (κ3) is 9.48. The number of unbranched alkanes of at least 4 members (excludes halogenated alkanes) is 1. The molecule has 9 heteroatoms. The molecule has 0 bridgehead atoms. The van der Waals surface area contributed by atoms with Crippen molar-refractivity contribution in [3.63, 3.8) is 0 Å². The maximum absolute atomic E-state index is 11.5. The molecular formula is C11H21O7PS. The van der Waals surface area contributed by atoms with Gasteiger partial charge in [-0.25, -0.2) is 4.57 Å². The van der Waals surface area contributed by atoms with Crippen LogP contribution in [0.5, 0.6) is 0 Å². The number of phosphoric ester groups is 1. The molecule has 0 aromatic rings. The number of hydrogen-bond donors (Lipinski definition) is 1. The first-order chi connectivity index (χ1) is 9.26. The number of hydrogen-bond acceptors (Lipinski definition) is 6. The summed E-state index contributed by atoms with van der Waals surface area (Å²) in [4.78, 5) is 0. The normalized spacial score (nSPS) is 13.6. The van der Waals surface area contributed by atoms with Gasteiger partial charge >= 0.3 is 7.82 Å². The molecule has 0 aliphatic heterocycles. The smallest absolute Gasteiger partial charge is 0.290 e. The van der Waals surface area contributed by atoms with Gasteiger partial charge in [-0.1, -0.05) is 5.92 Å². The molecule has 118 valence electrons. The lowest BCUT2D eigenvalue weighted by Gasteiger charge is -2.13. The van der Waals surface area contributed by atoms with Gasteiger partial charge in [-0.3, -0.25) is 18.1 Å². The van der Waals surface area contributed by atoms with Gasteiger partial charge in [0.05, 0.1) is 12.4 Å². The Morgan fingerprint density at radius 2 is 1.85 bits per heavy atom. The quantitative estimate of drug-likeness (QED) is 0.284. The standard InChI is InChI=1S/C11H21O7PS/c1-4-7-11(10-20(13,14)15)8-5-6-9-18-19(12,16-2)17-3/h11H,5-6,8-10H2,1-3H3,(H,13,14,15). The van der Waals surface area contributed by atoms with E-state index in [2.05, 4.69) is 20.9 Å². The Morgan fingerprint density at radius 1 is 1.25 bits per heavy atom. The molecule has 0 aliphatic carbocycles. The second-order valence-electron chi connectivity index (χ2n) is 3.98. The summed E-state index contributed by atoms with van der Waals surface area (Å²) >= 11 is 0. The van der Waals surface area contributed by atoms with Crippen molar-refractivity contribution in [1.82, 2.24) is 0 Å². The minimum atomic E-state index is -4.04. The van der Waals surface area contributed by atoms with Crippen LogP contribution in [-0.2, 0) is 28.3 Å². The van der Waals surface area contributed by atoms with Crippen LogP contribution in [-0.4, -0.2) is 39.5 Å². The van der Waals surface area contributed by atoms with E-state index in [0.29, 0.717) is 19.3 Å². The van der Waals surface area contributed by atoms with Crippen molar-refractivity contribution in [2.24, 2.45) is 5.92 Å². The minimum absolute atomic E-state index is 0.164. The Hall–Kier alpha value is -0.420. The average Bonchev–Trinajstić information content (AvgIpc) is 2.36. The molecule has 0 spiro atoms. The highest BCUT2D eigenvalue weighted by molar-refractivity contribution is 7.85. The summed E-state index contributed by atoms with van der Waals surface area (Å²) in [5, 5.41) is 0. The molecule has 0 aromatic heterocycles. The van der Waals surface area contributed by atoms with Gasteiger partial charge in [0.1, 0.15) is 0 Å². The van der Waals surface area contributed by atoms with Crippen molar-refractivity contribution in [1.29, 1.82) is 0 Å². The predicted octanol–water partition coefficient (Wildman–Crippen LogP) is 2.10. The van der Waals surface area contributed by atoms with E-state index in [1.807, 2.05) is 0 Å². The molecule has 1 N–H and O–H groups in total. The molecule has 0 amide bonds. The first-order valence-corrected chi connectivity index (χ1v) is 9.06. The van der Waals surface area contributed by atoms with Crippen LogP contribution in [0.25, 0.3) is 0 Å². The van der Waals surface area contributed by atoms with E-state index in [4.69, 9.17) is 9.08 Å². The van der Waals surface area contributed by atoms with Gasteiger partial charge in [-0.05, 0) is 26.2 Å². The van der Waals surface area contributed by atoms with E-state index in [0.717, 1.165) is 0 Å². The largest absolute Gasteiger partial charge is 0.474 e. The molecule has 0 fully saturated rings. The first-order valence-electron chi connectivity index (χ1n) is 6.00. The Kier molecular flexibility index (Phi) is 9.30. The van der Waals surface area contributed by atoms with E-state index >= 15 is 0 Å². The Balaban J connectivity index is 4.07. The van der Waals surface area contributed by atoms with Crippen LogP contribution in [0.1, 0.15) is 26.2 Å². The topological polar surface area (TPSA) is 99.1 Å². The maximum atomic E-state index is 11.5. The zero-order valence-corrected chi connectivity index (χ0v) is 13.6. The highest BCUT2D eigenvalue weighted by atomic mass is 32.2. The molecule has 1 atom stereocenters. The van der Waals surface area contributed by atoms with Crippen molar-refractivity contribution in [2.75, 3.05) is 26.6 Å². The molecule has 0 heterocycles. The molecule has 0 saturated heterocycles. The molecule has 0 saturated carbocycles. The Labute approximate surface area is 120 Å².